The number of hydrogen-bond acceptors (Lipinski definition) is 6. The van der Waals surface area contributed by atoms with Crippen molar-refractivity contribution in [2.24, 2.45) is 5.92 Å². The molecule has 0 radical (unpaired) electrons. The lowest BCUT2D eigenvalue weighted by Gasteiger charge is -2.21. The van der Waals surface area contributed by atoms with E-state index in [-0.39, 0.29) is 36.7 Å². The smallest absolute Gasteiger partial charge is 0.426 e. The summed E-state index contributed by atoms with van der Waals surface area (Å²) in [6, 6.07) is 15.5. The summed E-state index contributed by atoms with van der Waals surface area (Å²) in [5, 5.41) is 5.64. The number of ether oxygens (including phenoxy) is 2. The average Bonchev–Trinajstić information content (AvgIpc) is 3.24. The van der Waals surface area contributed by atoms with E-state index in [4.69, 9.17) is 9.47 Å². The molecule has 0 fully saturated rings. The van der Waals surface area contributed by atoms with Crippen LogP contribution in [0.3, 0.4) is 0 Å². The minimum Gasteiger partial charge on any atom is -0.449 e. The lowest BCUT2D eigenvalue weighted by molar-refractivity contribution is -0.124. The molecule has 0 heterocycles. The second-order valence-electron chi connectivity index (χ2n) is 11.9. The molecule has 1 aliphatic carbocycles. The number of rotatable bonds is 12. The molecule has 1 atom stereocenters. The summed E-state index contributed by atoms with van der Waals surface area (Å²) in [7, 11) is 0. The Morgan fingerprint density at radius 3 is 2.05 bits per heavy atom. The van der Waals surface area contributed by atoms with Crippen LogP contribution in [0.2, 0.25) is 0 Å². The van der Waals surface area contributed by atoms with E-state index in [1.54, 1.807) is 20.8 Å². The molecule has 1 aliphatic rings. The largest absolute Gasteiger partial charge is 0.449 e. The topological polar surface area (TPSA) is 135 Å². The number of hydrogen-bond donors (Lipinski definition) is 4. The van der Waals surface area contributed by atoms with Crippen LogP contribution >= 0.6 is 0 Å². The van der Waals surface area contributed by atoms with Crippen LogP contribution in [0.4, 0.5) is 9.59 Å². The normalized spacial score (nSPS) is 13.0. The number of benzene rings is 2. The molecule has 0 spiro atoms. The zero-order chi connectivity index (χ0) is 30.7. The predicted molar refractivity (Wildman–Crippen MR) is 160 cm³/mol. The minimum absolute atomic E-state index is 0.0595. The first kappa shape index (κ1) is 32.4. The summed E-state index contributed by atoms with van der Waals surface area (Å²) in [6.07, 6.45) is 1.31. The van der Waals surface area contributed by atoms with Crippen LogP contribution in [0.5, 0.6) is 0 Å². The molecule has 2 aromatic rings. The SMILES string of the molecule is CC(C)C[C@H](NC(=O)OCC1c2ccccc2-c2ccccc21)C(=O)NCCCCCC(=O)NNC(=O)OC(C)(C)C. The zero-order valence-electron chi connectivity index (χ0n) is 25.3. The minimum atomic E-state index is -0.721. The van der Waals surface area contributed by atoms with Crippen LogP contribution in [0.15, 0.2) is 48.5 Å². The molecule has 10 heteroatoms. The van der Waals surface area contributed by atoms with Gasteiger partial charge in [0.25, 0.3) is 0 Å². The molecule has 0 aliphatic heterocycles. The van der Waals surface area contributed by atoms with Gasteiger partial charge in [0.1, 0.15) is 18.2 Å². The number of carbonyl (C=O) groups excluding carboxylic acids is 4. The molecule has 3 rings (SSSR count). The Balaban J connectivity index is 1.38. The van der Waals surface area contributed by atoms with E-state index >= 15 is 0 Å². The molecular formula is C32H44N4O6. The molecule has 42 heavy (non-hydrogen) atoms. The van der Waals surface area contributed by atoms with Crippen LogP contribution < -0.4 is 21.5 Å². The van der Waals surface area contributed by atoms with E-state index in [0.717, 1.165) is 22.3 Å². The van der Waals surface area contributed by atoms with Gasteiger partial charge in [0.05, 0.1) is 0 Å². The lowest BCUT2D eigenvalue weighted by Crippen LogP contribution is -2.48. The van der Waals surface area contributed by atoms with Gasteiger partial charge in [0.15, 0.2) is 0 Å². The van der Waals surface area contributed by atoms with Crippen molar-refractivity contribution < 1.29 is 28.7 Å². The van der Waals surface area contributed by atoms with Crippen molar-refractivity contribution in [3.8, 4) is 11.1 Å². The number of carbonyl (C=O) groups is 4. The van der Waals surface area contributed by atoms with Crippen molar-refractivity contribution in [1.29, 1.82) is 0 Å². The molecular weight excluding hydrogens is 536 g/mol. The molecule has 0 saturated carbocycles. The third-order valence-corrected chi connectivity index (χ3v) is 6.74. The highest BCUT2D eigenvalue weighted by Crippen LogP contribution is 2.44. The Labute approximate surface area is 248 Å². The maximum atomic E-state index is 12.9. The van der Waals surface area contributed by atoms with Gasteiger partial charge in [-0.1, -0.05) is 68.8 Å². The third-order valence-electron chi connectivity index (χ3n) is 6.74. The number of alkyl carbamates (subject to hydrolysis) is 1. The van der Waals surface area contributed by atoms with E-state index < -0.39 is 23.8 Å². The van der Waals surface area contributed by atoms with E-state index in [1.807, 2.05) is 38.1 Å². The van der Waals surface area contributed by atoms with Gasteiger partial charge in [-0.05, 0) is 68.2 Å². The van der Waals surface area contributed by atoms with E-state index in [9.17, 15) is 19.2 Å². The van der Waals surface area contributed by atoms with Crippen molar-refractivity contribution in [3.05, 3.63) is 59.7 Å². The summed E-state index contributed by atoms with van der Waals surface area (Å²) in [5.74, 6) is -0.469. The standard InChI is InChI=1S/C32H44N4O6/c1-21(2)19-27(29(38)33-18-12-6-7-17-28(37)35-36-31(40)42-32(3,4)5)34-30(39)41-20-26-24-15-10-8-13-22(24)23-14-9-11-16-25(23)26/h8-11,13-16,21,26-27H,6-7,12,17-20H2,1-5H3,(H,33,38)(H,34,39)(H,35,37)(H,36,40)/t27-/m0/s1. The molecule has 0 saturated heterocycles. The van der Waals surface area contributed by atoms with Gasteiger partial charge in [0.2, 0.25) is 11.8 Å². The molecule has 2 aromatic carbocycles. The maximum absolute atomic E-state index is 12.9. The Kier molecular flexibility index (Phi) is 11.8. The van der Waals surface area contributed by atoms with Crippen molar-refractivity contribution >= 4 is 24.0 Å². The highest BCUT2D eigenvalue weighted by atomic mass is 16.6. The summed E-state index contributed by atoms with van der Waals surface area (Å²) in [5.41, 5.74) is 8.43. The first-order valence-electron chi connectivity index (χ1n) is 14.6. The zero-order valence-corrected chi connectivity index (χ0v) is 25.3. The quantitative estimate of drug-likeness (QED) is 0.202. The molecule has 0 unspecified atom stereocenters. The van der Waals surface area contributed by atoms with Crippen molar-refractivity contribution in [2.45, 2.75) is 84.3 Å². The summed E-state index contributed by atoms with van der Waals surface area (Å²) in [4.78, 5) is 49.2. The number of unbranched alkanes of at least 4 members (excludes halogenated alkanes) is 2. The van der Waals surface area contributed by atoms with Crippen molar-refractivity contribution in [3.63, 3.8) is 0 Å². The second-order valence-corrected chi connectivity index (χ2v) is 11.9. The van der Waals surface area contributed by atoms with Gasteiger partial charge >= 0.3 is 12.2 Å². The van der Waals surface area contributed by atoms with Gasteiger partial charge < -0.3 is 20.1 Å². The first-order valence-corrected chi connectivity index (χ1v) is 14.6. The van der Waals surface area contributed by atoms with Crippen LogP contribution in [0.1, 0.15) is 83.8 Å². The van der Waals surface area contributed by atoms with Crippen molar-refractivity contribution in [2.75, 3.05) is 13.2 Å². The van der Waals surface area contributed by atoms with E-state index in [1.165, 1.54) is 0 Å². The van der Waals surface area contributed by atoms with Gasteiger partial charge in [-0.3, -0.25) is 15.0 Å². The molecule has 4 N–H and O–H groups in total. The summed E-state index contributed by atoms with van der Waals surface area (Å²) < 4.78 is 10.7. The molecule has 0 aromatic heterocycles. The molecule has 10 nitrogen and oxygen atoms in total. The van der Waals surface area contributed by atoms with Crippen LogP contribution in [0, 0.1) is 5.92 Å². The van der Waals surface area contributed by atoms with E-state index in [2.05, 4.69) is 45.8 Å². The molecule has 4 amide bonds. The van der Waals surface area contributed by atoms with Crippen LogP contribution in [-0.4, -0.2) is 48.8 Å². The third kappa shape index (κ3) is 10.1. The molecule has 228 valence electrons. The fourth-order valence-electron chi connectivity index (χ4n) is 4.89. The predicted octanol–water partition coefficient (Wildman–Crippen LogP) is 5.17. The number of amides is 4. The van der Waals surface area contributed by atoms with Crippen LogP contribution in [0.25, 0.3) is 11.1 Å². The maximum Gasteiger partial charge on any atom is 0.426 e. The number of hydrazine groups is 1. The number of nitrogens with one attached hydrogen (secondary N) is 4. The van der Waals surface area contributed by atoms with Crippen molar-refractivity contribution in [1.82, 2.24) is 21.5 Å². The van der Waals surface area contributed by atoms with Gasteiger partial charge in [0, 0.05) is 18.9 Å². The van der Waals surface area contributed by atoms with Crippen LogP contribution in [-0.2, 0) is 19.1 Å². The number of fused-ring (bicyclic) bond motifs is 3. The Bertz CT molecular complexity index is 1190. The highest BCUT2D eigenvalue weighted by Gasteiger charge is 2.30. The fraction of sp³-hybridized carbons (Fsp3) is 0.500. The lowest BCUT2D eigenvalue weighted by atomic mass is 9.98. The Hall–Kier alpha value is -4.08. The monoisotopic (exact) mass is 580 g/mol. The Morgan fingerprint density at radius 1 is 0.833 bits per heavy atom. The molecule has 0 bridgehead atoms. The Morgan fingerprint density at radius 2 is 1.45 bits per heavy atom. The second kappa shape index (κ2) is 15.2. The summed E-state index contributed by atoms with van der Waals surface area (Å²) in [6.45, 7) is 9.76. The van der Waals surface area contributed by atoms with E-state index in [0.29, 0.717) is 32.2 Å². The fourth-order valence-corrected chi connectivity index (χ4v) is 4.89. The van der Waals surface area contributed by atoms with Gasteiger partial charge in [-0.2, -0.15) is 0 Å². The van der Waals surface area contributed by atoms with Gasteiger partial charge in [-0.15, -0.1) is 0 Å². The average molecular weight is 581 g/mol. The van der Waals surface area contributed by atoms with Gasteiger partial charge in [-0.25, -0.2) is 15.0 Å². The highest BCUT2D eigenvalue weighted by molar-refractivity contribution is 5.85. The summed E-state index contributed by atoms with van der Waals surface area (Å²) >= 11 is 0. The first-order chi connectivity index (χ1) is 19.9.